The van der Waals surface area contributed by atoms with Crippen LogP contribution in [0.1, 0.15) is 12.5 Å². The molecule has 0 fully saturated rings. The van der Waals surface area contributed by atoms with Gasteiger partial charge in [0.15, 0.2) is 11.9 Å². The third-order valence-corrected chi connectivity index (χ3v) is 3.90. The number of fused-ring (bicyclic) bond motifs is 1. The predicted octanol–water partition coefficient (Wildman–Crippen LogP) is 3.65. The Kier molecular flexibility index (Phi) is 4.89. The van der Waals surface area contributed by atoms with Crippen LogP contribution in [0.3, 0.4) is 0 Å². The monoisotopic (exact) mass is 382 g/mol. The van der Waals surface area contributed by atoms with Crippen LogP contribution >= 0.6 is 0 Å². The van der Waals surface area contributed by atoms with Gasteiger partial charge in [-0.1, -0.05) is 12.1 Å². The van der Waals surface area contributed by atoms with E-state index in [2.05, 4.69) is 4.74 Å². The van der Waals surface area contributed by atoms with Crippen LogP contribution in [-0.2, 0) is 11.3 Å². The number of benzene rings is 2. The van der Waals surface area contributed by atoms with Gasteiger partial charge in [0.05, 0.1) is 23.2 Å². The summed E-state index contributed by atoms with van der Waals surface area (Å²) in [6.45, 7) is -1.64. The fourth-order valence-corrected chi connectivity index (χ4v) is 2.72. The topological polar surface area (TPSA) is 81.9 Å². The van der Waals surface area contributed by atoms with E-state index in [9.17, 15) is 28.1 Å². The first-order valence-electron chi connectivity index (χ1n) is 7.76. The number of nitro benzene ring substituents is 1. The molecule has 0 radical (unpaired) electrons. The first kappa shape index (κ1) is 18.5. The Morgan fingerprint density at radius 2 is 2.07 bits per heavy atom. The summed E-state index contributed by atoms with van der Waals surface area (Å²) in [4.78, 5) is 23.7. The highest BCUT2D eigenvalue weighted by Gasteiger charge is 2.34. The molecule has 0 aliphatic carbocycles. The lowest BCUT2D eigenvalue weighted by molar-refractivity contribution is -0.387. The van der Waals surface area contributed by atoms with Crippen molar-refractivity contribution in [3.63, 3.8) is 0 Å². The lowest BCUT2D eigenvalue weighted by Crippen LogP contribution is -2.44. The Balaban J connectivity index is 1.97. The summed E-state index contributed by atoms with van der Waals surface area (Å²) in [5.41, 5.74) is -0.315. The van der Waals surface area contributed by atoms with Crippen LogP contribution < -0.4 is 14.4 Å². The van der Waals surface area contributed by atoms with E-state index >= 15 is 0 Å². The summed E-state index contributed by atoms with van der Waals surface area (Å²) in [7, 11) is 0. The Labute approximate surface area is 151 Å². The van der Waals surface area contributed by atoms with Crippen LogP contribution in [0.2, 0.25) is 0 Å². The largest absolute Gasteiger partial charge is 0.478 e. The number of rotatable bonds is 5. The zero-order valence-corrected chi connectivity index (χ0v) is 13.9. The molecule has 2 aromatic rings. The molecule has 2 aromatic carbocycles. The SMILES string of the molecule is C[C@H]1Oc2cc([N+](=O)[O-])c(F)cc2N(Cc2cccc(OC(F)F)c2)C1=O. The van der Waals surface area contributed by atoms with E-state index in [0.29, 0.717) is 5.56 Å². The molecule has 3 rings (SSSR count). The maximum absolute atomic E-state index is 14.0. The molecule has 0 bridgehead atoms. The van der Waals surface area contributed by atoms with E-state index in [4.69, 9.17) is 4.74 Å². The summed E-state index contributed by atoms with van der Waals surface area (Å²) >= 11 is 0. The Morgan fingerprint density at radius 3 is 2.74 bits per heavy atom. The fraction of sp³-hybridized carbons (Fsp3) is 0.235. The van der Waals surface area contributed by atoms with Gasteiger partial charge in [0.2, 0.25) is 5.82 Å². The zero-order chi connectivity index (χ0) is 19.7. The predicted molar refractivity (Wildman–Crippen MR) is 87.4 cm³/mol. The fourth-order valence-electron chi connectivity index (χ4n) is 2.72. The molecule has 1 aliphatic rings. The lowest BCUT2D eigenvalue weighted by atomic mass is 10.1. The highest BCUT2D eigenvalue weighted by atomic mass is 19.3. The number of ether oxygens (including phenoxy) is 2. The third kappa shape index (κ3) is 3.78. The second kappa shape index (κ2) is 7.14. The van der Waals surface area contributed by atoms with Crippen molar-refractivity contribution >= 4 is 17.3 Å². The molecule has 1 heterocycles. The average Bonchev–Trinajstić information content (AvgIpc) is 2.59. The van der Waals surface area contributed by atoms with Crippen molar-refractivity contribution in [2.45, 2.75) is 26.2 Å². The summed E-state index contributed by atoms with van der Waals surface area (Å²) < 4.78 is 48.4. The van der Waals surface area contributed by atoms with Crippen molar-refractivity contribution < 1.29 is 32.4 Å². The van der Waals surface area contributed by atoms with E-state index < -0.39 is 35.1 Å². The van der Waals surface area contributed by atoms with Crippen molar-refractivity contribution in [3.8, 4) is 11.5 Å². The average molecular weight is 382 g/mol. The standard InChI is InChI=1S/C17H13F3N2O5/c1-9-16(23)21(8-10-3-2-4-11(5-10)27-17(19)20)14-6-12(18)13(22(24)25)7-15(14)26-9/h2-7,9,17H,8H2,1H3/t9-/m1/s1. The zero-order valence-electron chi connectivity index (χ0n) is 13.9. The van der Waals surface area contributed by atoms with Gasteiger partial charge in [0, 0.05) is 6.07 Å². The van der Waals surface area contributed by atoms with E-state index in [1.165, 1.54) is 30.0 Å². The third-order valence-electron chi connectivity index (χ3n) is 3.90. The maximum atomic E-state index is 14.0. The van der Waals surface area contributed by atoms with E-state index in [0.717, 1.165) is 12.1 Å². The lowest BCUT2D eigenvalue weighted by Gasteiger charge is -2.33. The Morgan fingerprint density at radius 1 is 1.33 bits per heavy atom. The van der Waals surface area contributed by atoms with Crippen molar-refractivity contribution in [2.24, 2.45) is 0 Å². The van der Waals surface area contributed by atoms with Gasteiger partial charge in [-0.15, -0.1) is 0 Å². The summed E-state index contributed by atoms with van der Waals surface area (Å²) in [5, 5.41) is 10.9. The molecule has 0 spiro atoms. The Bertz CT molecular complexity index is 906. The summed E-state index contributed by atoms with van der Waals surface area (Å²) in [6.07, 6.45) is -0.955. The maximum Gasteiger partial charge on any atom is 0.387 e. The molecule has 10 heteroatoms. The molecule has 1 aliphatic heterocycles. The Hall–Kier alpha value is -3.30. The number of amides is 1. The van der Waals surface area contributed by atoms with E-state index in [-0.39, 0.29) is 23.7 Å². The number of hydrogen-bond acceptors (Lipinski definition) is 5. The molecular weight excluding hydrogens is 369 g/mol. The number of carbonyl (C=O) groups is 1. The van der Waals surface area contributed by atoms with Crippen molar-refractivity contribution in [3.05, 3.63) is 57.9 Å². The van der Waals surface area contributed by atoms with Gasteiger partial charge >= 0.3 is 12.3 Å². The van der Waals surface area contributed by atoms with Crippen LogP contribution in [-0.4, -0.2) is 23.5 Å². The smallest absolute Gasteiger partial charge is 0.387 e. The van der Waals surface area contributed by atoms with Crippen molar-refractivity contribution in [1.82, 2.24) is 0 Å². The number of alkyl halides is 2. The molecule has 142 valence electrons. The molecule has 1 amide bonds. The molecular formula is C17H13F3N2O5. The quantitative estimate of drug-likeness (QED) is 0.582. The second-order valence-corrected chi connectivity index (χ2v) is 5.74. The number of hydrogen-bond donors (Lipinski definition) is 0. The molecule has 0 saturated heterocycles. The minimum atomic E-state index is -3.00. The normalized spacial score (nSPS) is 16.1. The van der Waals surface area contributed by atoms with Crippen LogP contribution in [0.15, 0.2) is 36.4 Å². The van der Waals surface area contributed by atoms with Gasteiger partial charge in [-0.2, -0.15) is 13.2 Å². The van der Waals surface area contributed by atoms with Gasteiger partial charge in [-0.25, -0.2) is 0 Å². The van der Waals surface area contributed by atoms with Crippen LogP contribution in [0.25, 0.3) is 0 Å². The van der Waals surface area contributed by atoms with Crippen LogP contribution in [0, 0.1) is 15.9 Å². The molecule has 27 heavy (non-hydrogen) atoms. The summed E-state index contributed by atoms with van der Waals surface area (Å²) in [5.74, 6) is -1.73. The number of carbonyl (C=O) groups excluding carboxylic acids is 1. The first-order chi connectivity index (χ1) is 12.8. The highest BCUT2D eigenvalue weighted by molar-refractivity contribution is 6.00. The molecule has 0 unspecified atom stereocenters. The van der Waals surface area contributed by atoms with Gasteiger partial charge in [-0.3, -0.25) is 14.9 Å². The van der Waals surface area contributed by atoms with Crippen LogP contribution in [0.5, 0.6) is 11.5 Å². The second-order valence-electron chi connectivity index (χ2n) is 5.74. The highest BCUT2D eigenvalue weighted by Crippen LogP contribution is 2.39. The molecule has 0 N–H and O–H groups in total. The van der Waals surface area contributed by atoms with Gasteiger partial charge in [0.1, 0.15) is 5.75 Å². The van der Waals surface area contributed by atoms with E-state index in [1.54, 1.807) is 6.07 Å². The minimum absolute atomic E-state index is 0.0152. The van der Waals surface area contributed by atoms with Crippen molar-refractivity contribution in [1.29, 1.82) is 0 Å². The van der Waals surface area contributed by atoms with Gasteiger partial charge in [-0.05, 0) is 24.6 Å². The summed E-state index contributed by atoms with van der Waals surface area (Å²) in [6, 6.07) is 7.46. The molecule has 7 nitrogen and oxygen atoms in total. The number of halogens is 3. The molecule has 1 atom stereocenters. The van der Waals surface area contributed by atoms with E-state index in [1.807, 2.05) is 0 Å². The number of nitro groups is 1. The van der Waals surface area contributed by atoms with Crippen molar-refractivity contribution in [2.75, 3.05) is 4.90 Å². The first-order valence-corrected chi connectivity index (χ1v) is 7.76. The minimum Gasteiger partial charge on any atom is -0.478 e. The van der Waals surface area contributed by atoms with Gasteiger partial charge < -0.3 is 14.4 Å². The van der Waals surface area contributed by atoms with Crippen LogP contribution in [0.4, 0.5) is 24.5 Å². The number of nitrogens with zero attached hydrogens (tertiary/aromatic N) is 2. The van der Waals surface area contributed by atoms with Gasteiger partial charge in [0.25, 0.3) is 5.91 Å². The number of anilines is 1. The molecule has 0 saturated carbocycles. The molecule has 0 aromatic heterocycles.